The van der Waals surface area contributed by atoms with Crippen LogP contribution in [0.2, 0.25) is 0 Å². The molecule has 0 fully saturated rings. The number of carbonyl (C=O) groups excluding carboxylic acids is 1. The Labute approximate surface area is 141 Å². The average molecular weight is 346 g/mol. The molecule has 0 aliphatic rings. The molecule has 0 atom stereocenters. The van der Waals surface area contributed by atoms with Crippen LogP contribution in [-0.2, 0) is 4.74 Å². The van der Waals surface area contributed by atoms with Crippen molar-refractivity contribution in [2.75, 3.05) is 6.61 Å². The molecule has 0 radical (unpaired) electrons. The SMILES string of the molecule is C/C=C/c1cc(C(=O)OCC)c(-c2cc([N+](=O)[O-])cc([N+](=O)[O-])c2)o1. The van der Waals surface area contributed by atoms with Gasteiger partial charge in [-0.25, -0.2) is 4.79 Å². The number of hydrogen-bond acceptors (Lipinski definition) is 7. The third-order valence-electron chi connectivity index (χ3n) is 3.16. The highest BCUT2D eigenvalue weighted by atomic mass is 16.6. The molecule has 1 heterocycles. The van der Waals surface area contributed by atoms with Gasteiger partial charge in [0.25, 0.3) is 11.4 Å². The molecule has 0 unspecified atom stereocenters. The van der Waals surface area contributed by atoms with E-state index >= 15 is 0 Å². The second-order valence-corrected chi connectivity index (χ2v) is 4.86. The van der Waals surface area contributed by atoms with Crippen LogP contribution in [0.25, 0.3) is 17.4 Å². The smallest absolute Gasteiger partial charge is 0.342 e. The van der Waals surface area contributed by atoms with Gasteiger partial charge in [0, 0.05) is 17.7 Å². The van der Waals surface area contributed by atoms with E-state index in [9.17, 15) is 25.0 Å². The highest BCUT2D eigenvalue weighted by molar-refractivity contribution is 5.97. The topological polar surface area (TPSA) is 126 Å². The maximum Gasteiger partial charge on any atom is 0.342 e. The minimum absolute atomic E-state index is 0.0293. The maximum absolute atomic E-state index is 12.1. The minimum atomic E-state index is -0.754. The van der Waals surface area contributed by atoms with Gasteiger partial charge in [-0.15, -0.1) is 0 Å². The number of ether oxygens (including phenoxy) is 1. The molecule has 25 heavy (non-hydrogen) atoms. The average Bonchev–Trinajstić information content (AvgIpc) is 2.99. The van der Waals surface area contributed by atoms with Crippen molar-refractivity contribution in [3.63, 3.8) is 0 Å². The van der Waals surface area contributed by atoms with Crippen LogP contribution in [0.15, 0.2) is 34.8 Å². The van der Waals surface area contributed by atoms with Gasteiger partial charge in [-0.3, -0.25) is 20.2 Å². The van der Waals surface area contributed by atoms with Crippen molar-refractivity contribution < 1.29 is 23.8 Å². The molecule has 1 aromatic carbocycles. The Bertz CT molecular complexity index is 835. The van der Waals surface area contributed by atoms with E-state index in [4.69, 9.17) is 9.15 Å². The van der Waals surface area contributed by atoms with E-state index in [0.29, 0.717) is 5.76 Å². The van der Waals surface area contributed by atoms with E-state index in [1.807, 2.05) is 0 Å². The zero-order chi connectivity index (χ0) is 18.6. The summed E-state index contributed by atoms with van der Waals surface area (Å²) in [6.07, 6.45) is 3.26. The minimum Gasteiger partial charge on any atom is -0.462 e. The van der Waals surface area contributed by atoms with Crippen LogP contribution in [0.3, 0.4) is 0 Å². The molecule has 2 aromatic rings. The van der Waals surface area contributed by atoms with E-state index in [1.54, 1.807) is 26.0 Å². The van der Waals surface area contributed by atoms with E-state index < -0.39 is 27.2 Å². The molecule has 9 heteroatoms. The van der Waals surface area contributed by atoms with Crippen LogP contribution in [0.4, 0.5) is 11.4 Å². The van der Waals surface area contributed by atoms with Crippen molar-refractivity contribution in [2.45, 2.75) is 13.8 Å². The summed E-state index contributed by atoms with van der Waals surface area (Å²) in [7, 11) is 0. The number of rotatable bonds is 6. The molecular weight excluding hydrogens is 332 g/mol. The van der Waals surface area contributed by atoms with Crippen LogP contribution in [0.5, 0.6) is 0 Å². The standard InChI is InChI=1S/C16H14N2O7/c1-3-5-13-9-14(16(19)24-4-2)15(25-13)10-6-11(17(20)21)8-12(7-10)18(22)23/h3,5-9H,4H2,1-2H3/b5-3+. The fourth-order valence-corrected chi connectivity index (χ4v) is 2.17. The molecule has 0 aliphatic carbocycles. The molecule has 9 nitrogen and oxygen atoms in total. The Morgan fingerprint density at radius 1 is 1.16 bits per heavy atom. The van der Waals surface area contributed by atoms with Gasteiger partial charge in [-0.05, 0) is 26.0 Å². The fraction of sp³-hybridized carbons (Fsp3) is 0.188. The molecule has 0 saturated heterocycles. The van der Waals surface area contributed by atoms with Crippen molar-refractivity contribution in [3.8, 4) is 11.3 Å². The maximum atomic E-state index is 12.1. The second kappa shape index (κ2) is 7.39. The van der Waals surface area contributed by atoms with E-state index in [0.717, 1.165) is 18.2 Å². The Morgan fingerprint density at radius 3 is 2.24 bits per heavy atom. The number of nitrogens with zero attached hydrogens (tertiary/aromatic N) is 2. The van der Waals surface area contributed by atoms with Crippen LogP contribution in [0, 0.1) is 20.2 Å². The quantitative estimate of drug-likeness (QED) is 0.440. The molecule has 2 rings (SSSR count). The van der Waals surface area contributed by atoms with Gasteiger partial charge in [0.2, 0.25) is 0 Å². The van der Waals surface area contributed by atoms with Crippen LogP contribution < -0.4 is 0 Å². The monoisotopic (exact) mass is 346 g/mol. The molecule has 0 saturated carbocycles. The number of benzene rings is 1. The predicted molar refractivity (Wildman–Crippen MR) is 88.1 cm³/mol. The lowest BCUT2D eigenvalue weighted by Crippen LogP contribution is -2.04. The van der Waals surface area contributed by atoms with Gasteiger partial charge < -0.3 is 9.15 Å². The number of nitro groups is 2. The second-order valence-electron chi connectivity index (χ2n) is 4.86. The molecule has 0 amide bonds. The van der Waals surface area contributed by atoms with Crippen LogP contribution in [0.1, 0.15) is 30.0 Å². The third kappa shape index (κ3) is 3.89. The number of furan rings is 1. The summed E-state index contributed by atoms with van der Waals surface area (Å²) < 4.78 is 10.5. The highest BCUT2D eigenvalue weighted by Gasteiger charge is 2.24. The largest absolute Gasteiger partial charge is 0.462 e. The summed E-state index contributed by atoms with van der Waals surface area (Å²) in [4.78, 5) is 32.7. The van der Waals surface area contributed by atoms with E-state index in [2.05, 4.69) is 0 Å². The lowest BCUT2D eigenvalue weighted by molar-refractivity contribution is -0.394. The molecule has 1 aromatic heterocycles. The van der Waals surface area contributed by atoms with E-state index in [1.165, 1.54) is 6.07 Å². The zero-order valence-corrected chi connectivity index (χ0v) is 13.4. The highest BCUT2D eigenvalue weighted by Crippen LogP contribution is 2.34. The van der Waals surface area contributed by atoms with Gasteiger partial charge in [0.1, 0.15) is 17.1 Å². The molecular formula is C16H14N2O7. The first-order chi connectivity index (χ1) is 11.9. The van der Waals surface area contributed by atoms with Crippen LogP contribution in [-0.4, -0.2) is 22.4 Å². The zero-order valence-electron chi connectivity index (χ0n) is 13.4. The first kappa shape index (κ1) is 17.9. The summed E-state index contributed by atoms with van der Waals surface area (Å²) >= 11 is 0. The normalized spacial score (nSPS) is 10.8. The number of non-ortho nitro benzene ring substituents is 2. The molecule has 0 bridgehead atoms. The Morgan fingerprint density at radius 2 is 1.76 bits per heavy atom. The lowest BCUT2D eigenvalue weighted by atomic mass is 10.1. The number of nitro benzene ring substituents is 2. The van der Waals surface area contributed by atoms with E-state index in [-0.39, 0.29) is 23.5 Å². The van der Waals surface area contributed by atoms with Gasteiger partial charge in [0.15, 0.2) is 0 Å². The Hall–Kier alpha value is -3.49. The summed E-state index contributed by atoms with van der Waals surface area (Å²) in [6.45, 7) is 3.49. The predicted octanol–water partition coefficient (Wildman–Crippen LogP) is 3.97. The summed E-state index contributed by atoms with van der Waals surface area (Å²) in [5.74, 6) is -0.403. The van der Waals surface area contributed by atoms with Crippen molar-refractivity contribution >= 4 is 23.4 Å². The third-order valence-corrected chi connectivity index (χ3v) is 3.16. The summed E-state index contributed by atoms with van der Waals surface area (Å²) in [5.41, 5.74) is -0.893. The molecule has 0 spiro atoms. The van der Waals surface area contributed by atoms with Gasteiger partial charge in [-0.2, -0.15) is 0 Å². The lowest BCUT2D eigenvalue weighted by Gasteiger charge is -2.03. The summed E-state index contributed by atoms with van der Waals surface area (Å²) in [5, 5.41) is 22.1. The molecule has 0 N–H and O–H groups in total. The van der Waals surface area contributed by atoms with Gasteiger partial charge in [-0.1, -0.05) is 6.08 Å². The van der Waals surface area contributed by atoms with Crippen molar-refractivity contribution in [3.05, 3.63) is 61.9 Å². The number of esters is 1. The van der Waals surface area contributed by atoms with Crippen LogP contribution >= 0.6 is 0 Å². The van der Waals surface area contributed by atoms with Crippen molar-refractivity contribution in [1.82, 2.24) is 0 Å². The first-order valence-electron chi connectivity index (χ1n) is 7.25. The number of allylic oxidation sites excluding steroid dienone is 1. The summed E-state index contributed by atoms with van der Waals surface area (Å²) in [6, 6.07) is 4.46. The van der Waals surface area contributed by atoms with Crippen molar-refractivity contribution in [2.24, 2.45) is 0 Å². The van der Waals surface area contributed by atoms with Gasteiger partial charge in [0.05, 0.1) is 22.5 Å². The number of hydrogen-bond donors (Lipinski definition) is 0. The molecule has 130 valence electrons. The number of carbonyl (C=O) groups is 1. The van der Waals surface area contributed by atoms with Gasteiger partial charge >= 0.3 is 5.97 Å². The van der Waals surface area contributed by atoms with Crippen molar-refractivity contribution in [1.29, 1.82) is 0 Å². The Balaban J connectivity index is 2.69. The molecule has 0 aliphatic heterocycles. The fourth-order valence-electron chi connectivity index (χ4n) is 2.17. The first-order valence-corrected chi connectivity index (χ1v) is 7.25. The Kier molecular flexibility index (Phi) is 5.28.